The third-order valence-corrected chi connectivity index (χ3v) is 2.14. The molecule has 1 rings (SSSR count). The van der Waals surface area contributed by atoms with Gasteiger partial charge in [-0.3, -0.25) is 19.6 Å². The molecule has 1 aromatic rings. The minimum atomic E-state index is -2.79. The Morgan fingerprint density at radius 2 is 2.32 bits per heavy atom. The molecule has 0 saturated heterocycles. The highest BCUT2D eigenvalue weighted by Crippen LogP contribution is 2.27. The van der Waals surface area contributed by atoms with Crippen LogP contribution in [0.5, 0.6) is 5.88 Å². The molecule has 1 N–H and O–H groups in total. The van der Waals surface area contributed by atoms with Crippen LogP contribution in [0, 0.1) is 10.1 Å². The van der Waals surface area contributed by atoms with Gasteiger partial charge in [0.15, 0.2) is 6.61 Å². The number of halogens is 2. The van der Waals surface area contributed by atoms with Gasteiger partial charge < -0.3 is 9.84 Å². The molecule has 0 aliphatic heterocycles. The molecular weight excluding hydrogens is 268 g/mol. The van der Waals surface area contributed by atoms with Gasteiger partial charge in [-0.05, 0) is 6.92 Å². The second kappa shape index (κ2) is 6.07. The Bertz CT molecular complexity index is 476. The number of ether oxygens (including phenoxy) is 1. The van der Waals surface area contributed by atoms with Crippen molar-refractivity contribution < 1.29 is 28.3 Å². The Morgan fingerprint density at radius 1 is 1.68 bits per heavy atom. The van der Waals surface area contributed by atoms with Crippen LogP contribution < -0.4 is 4.74 Å². The SMILES string of the molecule is C[C@@H](CC(=O)O)n1cc([N+](=O)[O-])c(OCC(F)F)n1. The van der Waals surface area contributed by atoms with Crippen molar-refractivity contribution >= 4 is 11.7 Å². The third kappa shape index (κ3) is 4.16. The Balaban J connectivity index is 2.93. The van der Waals surface area contributed by atoms with E-state index in [1.165, 1.54) is 6.92 Å². The van der Waals surface area contributed by atoms with Crippen LogP contribution in [0.4, 0.5) is 14.5 Å². The number of aliphatic carboxylic acids is 1. The number of rotatable bonds is 7. The minimum absolute atomic E-state index is 0.312. The number of aromatic nitrogens is 2. The number of nitro groups is 1. The fraction of sp³-hybridized carbons (Fsp3) is 0.556. The van der Waals surface area contributed by atoms with Crippen LogP contribution >= 0.6 is 0 Å². The summed E-state index contributed by atoms with van der Waals surface area (Å²) in [6.45, 7) is 0.451. The van der Waals surface area contributed by atoms with Crippen molar-refractivity contribution in [1.82, 2.24) is 9.78 Å². The summed E-state index contributed by atoms with van der Waals surface area (Å²) >= 11 is 0. The molecule has 0 spiro atoms. The quantitative estimate of drug-likeness (QED) is 0.598. The van der Waals surface area contributed by atoms with E-state index in [1.54, 1.807) is 0 Å². The molecular formula is C9H11F2N3O5. The smallest absolute Gasteiger partial charge is 0.350 e. The molecule has 1 heterocycles. The number of carboxylic acids is 1. The summed E-state index contributed by atoms with van der Waals surface area (Å²) in [7, 11) is 0. The number of hydrogen-bond acceptors (Lipinski definition) is 5. The van der Waals surface area contributed by atoms with E-state index in [9.17, 15) is 23.7 Å². The molecule has 0 amide bonds. The molecule has 19 heavy (non-hydrogen) atoms. The Morgan fingerprint density at radius 3 is 2.79 bits per heavy atom. The van der Waals surface area contributed by atoms with E-state index >= 15 is 0 Å². The lowest BCUT2D eigenvalue weighted by molar-refractivity contribution is -0.386. The largest absolute Gasteiger partial charge is 0.481 e. The lowest BCUT2D eigenvalue weighted by Crippen LogP contribution is -2.12. The van der Waals surface area contributed by atoms with E-state index < -0.39 is 41.5 Å². The van der Waals surface area contributed by atoms with E-state index in [1.807, 2.05) is 0 Å². The summed E-state index contributed by atoms with van der Waals surface area (Å²) in [5.41, 5.74) is -0.585. The normalized spacial score (nSPS) is 12.4. The number of nitrogens with zero attached hydrogens (tertiary/aromatic N) is 3. The Kier molecular flexibility index (Phi) is 4.73. The van der Waals surface area contributed by atoms with Crippen molar-refractivity contribution in [1.29, 1.82) is 0 Å². The van der Waals surface area contributed by atoms with E-state index in [4.69, 9.17) is 5.11 Å². The van der Waals surface area contributed by atoms with Crippen molar-refractivity contribution in [2.75, 3.05) is 6.61 Å². The molecule has 0 fully saturated rings. The predicted molar refractivity (Wildman–Crippen MR) is 57.3 cm³/mol. The molecule has 10 heteroatoms. The molecule has 1 atom stereocenters. The molecule has 0 saturated carbocycles. The second-order valence-electron chi connectivity index (χ2n) is 3.71. The first-order chi connectivity index (χ1) is 8.81. The van der Waals surface area contributed by atoms with Gasteiger partial charge in [-0.2, -0.15) is 0 Å². The molecule has 0 radical (unpaired) electrons. The fourth-order valence-corrected chi connectivity index (χ4v) is 1.31. The number of carboxylic acid groups (broad SMARTS) is 1. The standard InChI is InChI=1S/C9H11F2N3O5/c1-5(2-8(15)16)13-3-6(14(17)18)9(12-13)19-4-7(10)11/h3,5,7H,2,4H2,1H3,(H,15,16)/t5-/m0/s1. The van der Waals surface area contributed by atoms with Crippen LogP contribution in [0.1, 0.15) is 19.4 Å². The van der Waals surface area contributed by atoms with Gasteiger partial charge in [0.1, 0.15) is 6.20 Å². The summed E-state index contributed by atoms with van der Waals surface area (Å²) in [4.78, 5) is 20.4. The van der Waals surface area contributed by atoms with Crippen molar-refractivity contribution in [2.45, 2.75) is 25.8 Å². The molecule has 1 aromatic heterocycles. The summed E-state index contributed by atoms with van der Waals surface area (Å²) in [6.07, 6.45) is -2.15. The first kappa shape index (κ1) is 14.8. The van der Waals surface area contributed by atoms with Crippen LogP contribution in [0.3, 0.4) is 0 Å². The van der Waals surface area contributed by atoms with Gasteiger partial charge in [0.2, 0.25) is 0 Å². The van der Waals surface area contributed by atoms with Crippen molar-refractivity contribution in [2.24, 2.45) is 0 Å². The number of hydrogen-bond donors (Lipinski definition) is 1. The summed E-state index contributed by atoms with van der Waals surface area (Å²) < 4.78 is 29.5. The van der Waals surface area contributed by atoms with Crippen LogP contribution in [-0.4, -0.2) is 38.8 Å². The molecule has 0 aromatic carbocycles. The van der Waals surface area contributed by atoms with Crippen molar-refractivity contribution in [3.63, 3.8) is 0 Å². The van der Waals surface area contributed by atoms with E-state index in [2.05, 4.69) is 9.84 Å². The van der Waals surface area contributed by atoms with Gasteiger partial charge in [-0.15, -0.1) is 5.10 Å². The van der Waals surface area contributed by atoms with Gasteiger partial charge in [0, 0.05) is 0 Å². The lowest BCUT2D eigenvalue weighted by atomic mass is 10.2. The highest BCUT2D eigenvalue weighted by molar-refractivity contribution is 5.67. The van der Waals surface area contributed by atoms with Crippen LogP contribution in [0.15, 0.2) is 6.20 Å². The van der Waals surface area contributed by atoms with Gasteiger partial charge in [-0.1, -0.05) is 0 Å². The molecule has 106 valence electrons. The van der Waals surface area contributed by atoms with Crippen LogP contribution in [0.25, 0.3) is 0 Å². The van der Waals surface area contributed by atoms with E-state index in [-0.39, 0.29) is 6.42 Å². The van der Waals surface area contributed by atoms with Crippen molar-refractivity contribution in [3.8, 4) is 5.88 Å². The van der Waals surface area contributed by atoms with Crippen LogP contribution in [0.2, 0.25) is 0 Å². The topological polar surface area (TPSA) is 107 Å². The predicted octanol–water partition coefficient (Wildman–Crippen LogP) is 1.47. The highest BCUT2D eigenvalue weighted by atomic mass is 19.3. The zero-order valence-electron chi connectivity index (χ0n) is 9.82. The number of alkyl halides is 2. The minimum Gasteiger partial charge on any atom is -0.481 e. The van der Waals surface area contributed by atoms with Gasteiger partial charge in [0.25, 0.3) is 6.43 Å². The Hall–Kier alpha value is -2.26. The lowest BCUT2D eigenvalue weighted by Gasteiger charge is -2.07. The second-order valence-corrected chi connectivity index (χ2v) is 3.71. The number of carbonyl (C=O) groups is 1. The maximum atomic E-state index is 12.0. The summed E-state index contributed by atoms with van der Waals surface area (Å²) in [5.74, 6) is -1.66. The fourth-order valence-electron chi connectivity index (χ4n) is 1.31. The zero-order chi connectivity index (χ0) is 14.6. The zero-order valence-corrected chi connectivity index (χ0v) is 9.82. The molecule has 0 unspecified atom stereocenters. The average Bonchev–Trinajstić information content (AvgIpc) is 2.69. The molecule has 8 nitrogen and oxygen atoms in total. The maximum absolute atomic E-state index is 12.0. The van der Waals surface area contributed by atoms with E-state index in [0.717, 1.165) is 10.9 Å². The third-order valence-electron chi connectivity index (χ3n) is 2.14. The Labute approximate surface area is 105 Å². The summed E-state index contributed by atoms with van der Waals surface area (Å²) in [5, 5.41) is 22.9. The molecule has 0 aliphatic rings. The van der Waals surface area contributed by atoms with E-state index in [0.29, 0.717) is 0 Å². The summed E-state index contributed by atoms with van der Waals surface area (Å²) in [6, 6.07) is -0.667. The van der Waals surface area contributed by atoms with Crippen LogP contribution in [-0.2, 0) is 4.79 Å². The first-order valence-corrected chi connectivity index (χ1v) is 5.17. The first-order valence-electron chi connectivity index (χ1n) is 5.17. The van der Waals surface area contributed by atoms with Gasteiger partial charge in [0.05, 0.1) is 17.4 Å². The monoisotopic (exact) mass is 279 g/mol. The van der Waals surface area contributed by atoms with Gasteiger partial charge >= 0.3 is 17.5 Å². The average molecular weight is 279 g/mol. The molecule has 0 bridgehead atoms. The molecule has 0 aliphatic carbocycles. The maximum Gasteiger partial charge on any atom is 0.350 e. The van der Waals surface area contributed by atoms with Crippen molar-refractivity contribution in [3.05, 3.63) is 16.3 Å². The highest BCUT2D eigenvalue weighted by Gasteiger charge is 2.24. The van der Waals surface area contributed by atoms with Gasteiger partial charge in [-0.25, -0.2) is 8.78 Å².